The molecule has 0 unspecified atom stereocenters. The first-order valence-corrected chi connectivity index (χ1v) is 5.98. The molecule has 0 spiro atoms. The maximum Gasteiger partial charge on any atom is 0.308 e. The Morgan fingerprint density at radius 1 is 1.33 bits per heavy atom. The average molecular weight is 262 g/mol. The molecule has 0 aromatic carbocycles. The van der Waals surface area contributed by atoms with Gasteiger partial charge in [-0.05, 0) is 13.8 Å². The highest BCUT2D eigenvalue weighted by atomic mass is 16.7. The van der Waals surface area contributed by atoms with Crippen LogP contribution in [0.4, 0.5) is 0 Å². The van der Waals surface area contributed by atoms with E-state index in [1.807, 2.05) is 0 Å². The second-order valence-corrected chi connectivity index (χ2v) is 5.32. The molecule has 0 saturated carbocycles. The molecule has 1 saturated heterocycles. The molecule has 0 amide bonds. The number of hydrogen-bond donors (Lipinski definition) is 2. The van der Waals surface area contributed by atoms with Gasteiger partial charge in [0.15, 0.2) is 12.4 Å². The highest BCUT2D eigenvalue weighted by molar-refractivity contribution is 5.71. The van der Waals surface area contributed by atoms with Crippen molar-refractivity contribution in [3.05, 3.63) is 0 Å². The Hall–Kier alpha value is -0.690. The van der Waals surface area contributed by atoms with Gasteiger partial charge in [-0.15, -0.1) is 0 Å². The van der Waals surface area contributed by atoms with Crippen molar-refractivity contribution in [3.8, 4) is 0 Å². The molecule has 0 bridgehead atoms. The number of carbonyl (C=O) groups excluding carboxylic acids is 1. The minimum Gasteiger partial charge on any atom is -0.454 e. The first-order valence-electron chi connectivity index (χ1n) is 5.98. The van der Waals surface area contributed by atoms with E-state index in [1.165, 1.54) is 7.11 Å². The Labute approximate surface area is 107 Å². The second kappa shape index (κ2) is 5.52. The Morgan fingerprint density at radius 3 is 2.33 bits per heavy atom. The van der Waals surface area contributed by atoms with Crippen molar-refractivity contribution in [2.24, 2.45) is 5.92 Å². The monoisotopic (exact) mass is 262 g/mol. The summed E-state index contributed by atoms with van der Waals surface area (Å²) in [6, 6.07) is 0. The van der Waals surface area contributed by atoms with Gasteiger partial charge in [0.2, 0.25) is 0 Å². The summed E-state index contributed by atoms with van der Waals surface area (Å²) in [6.07, 6.45) is -4.34. The van der Waals surface area contributed by atoms with E-state index in [9.17, 15) is 15.0 Å². The first kappa shape index (κ1) is 15.4. The minimum atomic E-state index is -1.25. The number of carbonyl (C=O) groups is 1. The zero-order valence-electron chi connectivity index (χ0n) is 11.4. The number of rotatable bonds is 3. The van der Waals surface area contributed by atoms with Crippen LogP contribution >= 0.6 is 0 Å². The Balaban J connectivity index is 2.85. The number of esters is 1. The highest BCUT2D eigenvalue weighted by Crippen LogP contribution is 2.31. The van der Waals surface area contributed by atoms with Crippen LogP contribution in [0.5, 0.6) is 0 Å². The van der Waals surface area contributed by atoms with E-state index in [0.717, 1.165) is 0 Å². The van der Waals surface area contributed by atoms with E-state index in [2.05, 4.69) is 0 Å². The molecule has 0 aromatic rings. The van der Waals surface area contributed by atoms with Crippen LogP contribution in [0.3, 0.4) is 0 Å². The van der Waals surface area contributed by atoms with Crippen LogP contribution in [0.1, 0.15) is 27.7 Å². The lowest BCUT2D eigenvalue weighted by Gasteiger charge is -2.45. The molecule has 4 atom stereocenters. The molecule has 1 aliphatic heterocycles. The molecule has 106 valence electrons. The SMILES string of the molecule is CO[C@@H]1OC(C)(C)[C@@H](O)[C@H](O)[C@@H]1OC(=O)C(C)C. The van der Waals surface area contributed by atoms with Crippen molar-refractivity contribution in [3.63, 3.8) is 0 Å². The van der Waals surface area contributed by atoms with E-state index in [1.54, 1.807) is 27.7 Å². The highest BCUT2D eigenvalue weighted by Gasteiger charge is 2.51. The average Bonchev–Trinajstić information content (AvgIpc) is 2.29. The molecule has 6 nitrogen and oxygen atoms in total. The number of hydrogen-bond acceptors (Lipinski definition) is 6. The number of aliphatic hydroxyl groups is 2. The van der Waals surface area contributed by atoms with Crippen molar-refractivity contribution in [2.45, 2.75) is 57.9 Å². The van der Waals surface area contributed by atoms with Crippen molar-refractivity contribution in [1.82, 2.24) is 0 Å². The fraction of sp³-hybridized carbons (Fsp3) is 0.917. The van der Waals surface area contributed by atoms with Gasteiger partial charge in [-0.25, -0.2) is 0 Å². The maximum absolute atomic E-state index is 11.6. The van der Waals surface area contributed by atoms with Gasteiger partial charge >= 0.3 is 5.97 Å². The topological polar surface area (TPSA) is 85.2 Å². The molecular weight excluding hydrogens is 240 g/mol. The summed E-state index contributed by atoms with van der Waals surface area (Å²) in [5.41, 5.74) is -0.971. The molecular formula is C12H22O6. The fourth-order valence-electron chi connectivity index (χ4n) is 1.77. The van der Waals surface area contributed by atoms with Gasteiger partial charge in [0, 0.05) is 7.11 Å². The van der Waals surface area contributed by atoms with E-state index in [0.29, 0.717) is 0 Å². The Bertz CT molecular complexity index is 299. The molecule has 1 aliphatic rings. The van der Waals surface area contributed by atoms with Crippen molar-refractivity contribution < 1.29 is 29.2 Å². The van der Waals surface area contributed by atoms with Crippen molar-refractivity contribution >= 4 is 5.97 Å². The van der Waals surface area contributed by atoms with Crippen molar-refractivity contribution in [2.75, 3.05) is 7.11 Å². The van der Waals surface area contributed by atoms with E-state index in [-0.39, 0.29) is 5.92 Å². The van der Waals surface area contributed by atoms with Crippen LogP contribution in [0.2, 0.25) is 0 Å². The van der Waals surface area contributed by atoms with Crippen LogP contribution in [-0.4, -0.2) is 53.5 Å². The van der Waals surface area contributed by atoms with Crippen molar-refractivity contribution in [1.29, 1.82) is 0 Å². The third kappa shape index (κ3) is 3.00. The summed E-state index contributed by atoms with van der Waals surface area (Å²) in [5, 5.41) is 19.9. The van der Waals surface area contributed by atoms with Crippen LogP contribution < -0.4 is 0 Å². The molecule has 0 radical (unpaired) electrons. The predicted molar refractivity (Wildman–Crippen MR) is 62.7 cm³/mol. The summed E-state index contributed by atoms with van der Waals surface area (Å²) < 4.78 is 15.7. The van der Waals surface area contributed by atoms with Gasteiger partial charge in [0.1, 0.15) is 12.2 Å². The van der Waals surface area contributed by atoms with E-state index >= 15 is 0 Å². The molecule has 2 N–H and O–H groups in total. The third-order valence-electron chi connectivity index (χ3n) is 3.02. The maximum atomic E-state index is 11.6. The minimum absolute atomic E-state index is 0.332. The van der Waals surface area contributed by atoms with Gasteiger partial charge in [0.25, 0.3) is 0 Å². The first-order chi connectivity index (χ1) is 8.20. The molecule has 0 aliphatic carbocycles. The lowest BCUT2D eigenvalue weighted by molar-refractivity contribution is -0.320. The Morgan fingerprint density at radius 2 is 1.89 bits per heavy atom. The lowest BCUT2D eigenvalue weighted by Crippen LogP contribution is -2.63. The molecule has 18 heavy (non-hydrogen) atoms. The predicted octanol–water partition coefficient (Wildman–Crippen LogP) is 0.0573. The lowest BCUT2D eigenvalue weighted by atomic mass is 9.90. The van der Waals surface area contributed by atoms with Gasteiger partial charge in [-0.2, -0.15) is 0 Å². The summed E-state index contributed by atoms with van der Waals surface area (Å²) in [4.78, 5) is 11.6. The van der Waals surface area contributed by atoms with Crippen LogP contribution in [0.15, 0.2) is 0 Å². The molecule has 1 fully saturated rings. The summed E-state index contributed by atoms with van der Waals surface area (Å²) in [5.74, 6) is -0.807. The third-order valence-corrected chi connectivity index (χ3v) is 3.02. The summed E-state index contributed by atoms with van der Waals surface area (Å²) in [7, 11) is 1.39. The molecule has 6 heteroatoms. The quantitative estimate of drug-likeness (QED) is 0.699. The van der Waals surface area contributed by atoms with E-state index < -0.39 is 36.2 Å². The largest absolute Gasteiger partial charge is 0.454 e. The summed E-state index contributed by atoms with van der Waals surface area (Å²) in [6.45, 7) is 6.63. The van der Waals surface area contributed by atoms with Gasteiger partial charge in [0.05, 0.1) is 11.5 Å². The normalized spacial score (nSPS) is 35.6. The Kier molecular flexibility index (Phi) is 4.72. The second-order valence-electron chi connectivity index (χ2n) is 5.32. The van der Waals surface area contributed by atoms with E-state index in [4.69, 9.17) is 14.2 Å². The summed E-state index contributed by atoms with van der Waals surface area (Å²) >= 11 is 0. The standard InChI is InChI=1S/C12H22O6/c1-6(2)10(15)17-8-7(13)9(14)12(3,4)18-11(8)16-5/h6-9,11,13-14H,1-5H3/t7-,8+,9+,11-/m1/s1. The number of aliphatic hydroxyl groups excluding tert-OH is 2. The molecule has 0 aromatic heterocycles. The van der Waals surface area contributed by atoms with Gasteiger partial charge < -0.3 is 24.4 Å². The number of ether oxygens (including phenoxy) is 3. The van der Waals surface area contributed by atoms with Crippen LogP contribution in [0.25, 0.3) is 0 Å². The zero-order chi connectivity index (χ0) is 14.1. The molecule has 1 heterocycles. The van der Waals surface area contributed by atoms with Crippen LogP contribution in [0, 0.1) is 5.92 Å². The number of methoxy groups -OCH3 is 1. The smallest absolute Gasteiger partial charge is 0.308 e. The van der Waals surface area contributed by atoms with Gasteiger partial charge in [-0.1, -0.05) is 13.8 Å². The van der Waals surface area contributed by atoms with Gasteiger partial charge in [-0.3, -0.25) is 4.79 Å². The zero-order valence-corrected chi connectivity index (χ0v) is 11.4. The van der Waals surface area contributed by atoms with Crippen LogP contribution in [-0.2, 0) is 19.0 Å². The fourth-order valence-corrected chi connectivity index (χ4v) is 1.77. The molecule has 1 rings (SSSR count).